The van der Waals surface area contributed by atoms with Gasteiger partial charge in [-0.25, -0.2) is 0 Å². The fourth-order valence-corrected chi connectivity index (χ4v) is 4.54. The SMILES string of the molecule is CC(C)C1CCCC(NCC2CCCCS2)C1. The van der Waals surface area contributed by atoms with Crippen LogP contribution in [0.1, 0.15) is 58.8 Å². The predicted molar refractivity (Wildman–Crippen MR) is 78.7 cm³/mol. The molecule has 1 heterocycles. The second kappa shape index (κ2) is 7.04. The topological polar surface area (TPSA) is 12.0 Å². The monoisotopic (exact) mass is 255 g/mol. The lowest BCUT2D eigenvalue weighted by molar-refractivity contribution is 0.231. The number of nitrogens with one attached hydrogen (secondary N) is 1. The maximum atomic E-state index is 3.86. The largest absolute Gasteiger partial charge is 0.313 e. The van der Waals surface area contributed by atoms with Gasteiger partial charge in [0.15, 0.2) is 0 Å². The van der Waals surface area contributed by atoms with Crippen LogP contribution in [0.4, 0.5) is 0 Å². The van der Waals surface area contributed by atoms with Crippen LogP contribution in [-0.2, 0) is 0 Å². The molecule has 1 nitrogen and oxygen atoms in total. The molecule has 0 spiro atoms. The van der Waals surface area contributed by atoms with Crippen LogP contribution in [0.5, 0.6) is 0 Å². The van der Waals surface area contributed by atoms with Gasteiger partial charge in [0.25, 0.3) is 0 Å². The average molecular weight is 255 g/mol. The number of thioether (sulfide) groups is 1. The van der Waals surface area contributed by atoms with Crippen LogP contribution in [-0.4, -0.2) is 23.6 Å². The average Bonchev–Trinajstić information content (AvgIpc) is 2.38. The summed E-state index contributed by atoms with van der Waals surface area (Å²) < 4.78 is 0. The van der Waals surface area contributed by atoms with Crippen LogP contribution in [0, 0.1) is 11.8 Å². The van der Waals surface area contributed by atoms with Gasteiger partial charge in [0.1, 0.15) is 0 Å². The van der Waals surface area contributed by atoms with Crippen LogP contribution >= 0.6 is 11.8 Å². The number of hydrogen-bond acceptors (Lipinski definition) is 2. The molecule has 1 saturated heterocycles. The maximum Gasteiger partial charge on any atom is 0.0172 e. The van der Waals surface area contributed by atoms with Gasteiger partial charge in [-0.1, -0.05) is 33.1 Å². The van der Waals surface area contributed by atoms with Crippen molar-refractivity contribution in [3.63, 3.8) is 0 Å². The number of hydrogen-bond donors (Lipinski definition) is 1. The van der Waals surface area contributed by atoms with Gasteiger partial charge in [-0.15, -0.1) is 0 Å². The first kappa shape index (κ1) is 13.7. The highest BCUT2D eigenvalue weighted by atomic mass is 32.2. The summed E-state index contributed by atoms with van der Waals surface area (Å²) in [6.45, 7) is 6.05. The minimum atomic E-state index is 0.818. The highest BCUT2D eigenvalue weighted by molar-refractivity contribution is 7.99. The van der Waals surface area contributed by atoms with Crippen molar-refractivity contribution in [3.8, 4) is 0 Å². The molecule has 2 rings (SSSR count). The van der Waals surface area contributed by atoms with E-state index in [0.29, 0.717) is 0 Å². The van der Waals surface area contributed by atoms with Crippen LogP contribution in [0.25, 0.3) is 0 Å². The molecule has 3 unspecified atom stereocenters. The van der Waals surface area contributed by atoms with Gasteiger partial charge in [0.2, 0.25) is 0 Å². The van der Waals surface area contributed by atoms with Gasteiger partial charge in [0, 0.05) is 17.8 Å². The third-order valence-electron chi connectivity index (χ3n) is 4.57. The fourth-order valence-electron chi connectivity index (χ4n) is 3.28. The molecule has 0 bridgehead atoms. The molecule has 3 atom stereocenters. The Balaban J connectivity index is 1.67. The molecule has 2 aliphatic rings. The van der Waals surface area contributed by atoms with Crippen molar-refractivity contribution in [1.82, 2.24) is 5.32 Å². The van der Waals surface area contributed by atoms with E-state index in [4.69, 9.17) is 0 Å². The molecule has 1 saturated carbocycles. The van der Waals surface area contributed by atoms with Crippen molar-refractivity contribution in [2.45, 2.75) is 70.1 Å². The lowest BCUT2D eigenvalue weighted by Crippen LogP contribution is -2.39. The smallest absolute Gasteiger partial charge is 0.0172 e. The van der Waals surface area contributed by atoms with E-state index in [1.807, 2.05) is 0 Å². The van der Waals surface area contributed by atoms with Gasteiger partial charge >= 0.3 is 0 Å². The van der Waals surface area contributed by atoms with E-state index in [0.717, 1.165) is 23.1 Å². The van der Waals surface area contributed by atoms with Gasteiger partial charge < -0.3 is 5.32 Å². The summed E-state index contributed by atoms with van der Waals surface area (Å²) in [5.74, 6) is 3.25. The second-order valence-electron chi connectivity index (χ2n) is 6.26. The summed E-state index contributed by atoms with van der Waals surface area (Å²) in [5.41, 5.74) is 0. The Morgan fingerprint density at radius 1 is 1.12 bits per heavy atom. The van der Waals surface area contributed by atoms with Gasteiger partial charge in [-0.3, -0.25) is 0 Å². The van der Waals surface area contributed by atoms with E-state index in [2.05, 4.69) is 30.9 Å². The Labute approximate surface area is 112 Å². The summed E-state index contributed by atoms with van der Waals surface area (Å²) in [5, 5.41) is 4.76. The predicted octanol–water partition coefficient (Wildman–Crippen LogP) is 4.08. The molecule has 100 valence electrons. The minimum Gasteiger partial charge on any atom is -0.313 e. The summed E-state index contributed by atoms with van der Waals surface area (Å²) in [6.07, 6.45) is 10.1. The molecule has 0 radical (unpaired) electrons. The van der Waals surface area contributed by atoms with E-state index in [9.17, 15) is 0 Å². The van der Waals surface area contributed by atoms with E-state index in [-0.39, 0.29) is 0 Å². The van der Waals surface area contributed by atoms with Crippen molar-refractivity contribution >= 4 is 11.8 Å². The molecular weight excluding hydrogens is 226 g/mol. The molecule has 2 fully saturated rings. The highest BCUT2D eigenvalue weighted by Crippen LogP contribution is 2.30. The minimum absolute atomic E-state index is 0.818. The van der Waals surface area contributed by atoms with Gasteiger partial charge in [-0.2, -0.15) is 11.8 Å². The van der Waals surface area contributed by atoms with Crippen LogP contribution in [0.2, 0.25) is 0 Å². The zero-order valence-electron chi connectivity index (χ0n) is 11.6. The first-order valence-corrected chi connectivity index (χ1v) is 8.65. The molecule has 0 aromatic heterocycles. The zero-order valence-corrected chi connectivity index (χ0v) is 12.4. The van der Waals surface area contributed by atoms with Crippen molar-refractivity contribution in [2.75, 3.05) is 12.3 Å². The van der Waals surface area contributed by atoms with E-state index >= 15 is 0 Å². The van der Waals surface area contributed by atoms with E-state index in [1.54, 1.807) is 0 Å². The normalized spacial score (nSPS) is 35.1. The highest BCUT2D eigenvalue weighted by Gasteiger charge is 2.24. The molecule has 0 amide bonds. The van der Waals surface area contributed by atoms with Crippen molar-refractivity contribution in [2.24, 2.45) is 11.8 Å². The Bertz CT molecular complexity index is 211. The Kier molecular flexibility index (Phi) is 5.68. The molecule has 1 N–H and O–H groups in total. The summed E-state index contributed by atoms with van der Waals surface area (Å²) in [6, 6.07) is 0.818. The third-order valence-corrected chi connectivity index (χ3v) is 5.96. The quantitative estimate of drug-likeness (QED) is 0.812. The third kappa shape index (κ3) is 4.48. The Morgan fingerprint density at radius 2 is 2.00 bits per heavy atom. The fraction of sp³-hybridized carbons (Fsp3) is 1.00. The maximum absolute atomic E-state index is 3.86. The van der Waals surface area contributed by atoms with E-state index in [1.165, 1.54) is 57.2 Å². The zero-order chi connectivity index (χ0) is 12.1. The lowest BCUT2D eigenvalue weighted by Gasteiger charge is -2.33. The molecule has 0 aromatic carbocycles. The first-order valence-electron chi connectivity index (χ1n) is 7.60. The van der Waals surface area contributed by atoms with Gasteiger partial charge in [0.05, 0.1) is 0 Å². The molecule has 1 aliphatic heterocycles. The molecule has 0 aromatic rings. The summed E-state index contributed by atoms with van der Waals surface area (Å²) in [4.78, 5) is 0. The Morgan fingerprint density at radius 3 is 2.71 bits per heavy atom. The van der Waals surface area contributed by atoms with Crippen LogP contribution in [0.15, 0.2) is 0 Å². The second-order valence-corrected chi connectivity index (χ2v) is 7.67. The molecule has 17 heavy (non-hydrogen) atoms. The molecule has 1 aliphatic carbocycles. The first-order chi connectivity index (χ1) is 8.25. The standard InChI is InChI=1S/C15H29NS/c1-12(2)13-6-5-7-14(10-13)16-11-15-8-3-4-9-17-15/h12-16H,3-11H2,1-2H3. The molecule has 2 heteroatoms. The summed E-state index contributed by atoms with van der Waals surface area (Å²) >= 11 is 2.20. The lowest BCUT2D eigenvalue weighted by atomic mass is 9.79. The van der Waals surface area contributed by atoms with E-state index < -0.39 is 0 Å². The van der Waals surface area contributed by atoms with Crippen molar-refractivity contribution < 1.29 is 0 Å². The van der Waals surface area contributed by atoms with Crippen molar-refractivity contribution in [3.05, 3.63) is 0 Å². The van der Waals surface area contributed by atoms with Crippen LogP contribution in [0.3, 0.4) is 0 Å². The van der Waals surface area contributed by atoms with Crippen LogP contribution < -0.4 is 5.32 Å². The molecular formula is C15H29NS. The van der Waals surface area contributed by atoms with Gasteiger partial charge in [-0.05, 0) is 43.3 Å². The van der Waals surface area contributed by atoms with Crippen molar-refractivity contribution in [1.29, 1.82) is 0 Å². The summed E-state index contributed by atoms with van der Waals surface area (Å²) in [7, 11) is 0. The number of rotatable bonds is 4. The Hall–Kier alpha value is 0.310.